The van der Waals surface area contributed by atoms with Crippen molar-refractivity contribution in [3.05, 3.63) is 47.2 Å². The fraction of sp³-hybridized carbons (Fsp3) is 0.421. The van der Waals surface area contributed by atoms with Crippen LogP contribution < -0.4 is 0 Å². The van der Waals surface area contributed by atoms with Gasteiger partial charge in [-0.15, -0.1) is 5.10 Å². The number of benzene rings is 1. The summed E-state index contributed by atoms with van der Waals surface area (Å²) in [6.45, 7) is 4.30. The lowest BCUT2D eigenvalue weighted by Crippen LogP contribution is -2.47. The van der Waals surface area contributed by atoms with Gasteiger partial charge in [0.25, 0.3) is 0 Å². The third kappa shape index (κ3) is 1.92. The summed E-state index contributed by atoms with van der Waals surface area (Å²) in [6.07, 6.45) is 2.40. The van der Waals surface area contributed by atoms with E-state index in [0.29, 0.717) is 5.69 Å². The van der Waals surface area contributed by atoms with Crippen LogP contribution in [0.5, 0.6) is 0 Å². The molecule has 0 spiro atoms. The number of nitrogens with zero attached hydrogens (tertiary/aromatic N) is 3. The fourth-order valence-electron chi connectivity index (χ4n) is 4.61. The predicted octanol–water partition coefficient (Wildman–Crippen LogP) is 4.49. The van der Waals surface area contributed by atoms with Gasteiger partial charge in [-0.2, -0.15) is 10.4 Å². The van der Waals surface area contributed by atoms with Crippen molar-refractivity contribution in [2.24, 2.45) is 5.41 Å². The minimum absolute atomic E-state index is 0.0466. The summed E-state index contributed by atoms with van der Waals surface area (Å²) in [5, 5.41) is 18.1. The van der Waals surface area contributed by atoms with Crippen molar-refractivity contribution in [3.8, 4) is 17.3 Å². The Hall–Kier alpha value is -2.35. The van der Waals surface area contributed by atoms with E-state index in [0.717, 1.165) is 24.8 Å². The lowest BCUT2D eigenvalue weighted by Gasteiger charge is -2.52. The highest BCUT2D eigenvalue weighted by molar-refractivity contribution is 5.62. The first-order chi connectivity index (χ1) is 11.4. The lowest BCUT2D eigenvalue weighted by molar-refractivity contribution is 0.118. The maximum absolute atomic E-state index is 14.1. The molecule has 0 saturated heterocycles. The molecule has 2 bridgehead atoms. The van der Waals surface area contributed by atoms with Crippen LogP contribution in [0.2, 0.25) is 0 Å². The highest BCUT2D eigenvalue weighted by atomic mass is 19.1. The summed E-state index contributed by atoms with van der Waals surface area (Å²) in [5.41, 5.74) is 0.980. The maximum atomic E-state index is 14.1. The number of halogens is 2. The van der Waals surface area contributed by atoms with E-state index in [1.807, 2.05) is 0 Å². The second-order valence-corrected chi connectivity index (χ2v) is 7.58. The maximum Gasteiger partial charge on any atom is 0.135 e. The number of rotatable bonds is 1. The summed E-state index contributed by atoms with van der Waals surface area (Å²) < 4.78 is 28.2. The summed E-state index contributed by atoms with van der Waals surface area (Å²) in [4.78, 5) is 0. The van der Waals surface area contributed by atoms with Gasteiger partial charge >= 0.3 is 0 Å². The fourth-order valence-corrected chi connectivity index (χ4v) is 4.61. The molecule has 24 heavy (non-hydrogen) atoms. The van der Waals surface area contributed by atoms with Gasteiger partial charge in [-0.05, 0) is 54.4 Å². The first kappa shape index (κ1) is 15.2. The molecule has 5 heteroatoms. The molecule has 2 atom stereocenters. The molecule has 1 saturated carbocycles. The third-order valence-electron chi connectivity index (χ3n) is 5.65. The Morgan fingerprint density at radius 3 is 2.54 bits per heavy atom. The molecular formula is C19H17F2N3. The minimum atomic E-state index is -0.653. The molecule has 1 aromatic carbocycles. The molecule has 0 radical (unpaired) electrons. The average Bonchev–Trinajstić information content (AvgIpc) is 2.54. The Morgan fingerprint density at radius 1 is 1.21 bits per heavy atom. The van der Waals surface area contributed by atoms with Crippen LogP contribution in [0.3, 0.4) is 0 Å². The van der Waals surface area contributed by atoms with E-state index in [2.05, 4.69) is 30.1 Å². The van der Waals surface area contributed by atoms with Gasteiger partial charge in [0.1, 0.15) is 17.0 Å². The van der Waals surface area contributed by atoms with Gasteiger partial charge in [0.05, 0.1) is 23.0 Å². The van der Waals surface area contributed by atoms with Gasteiger partial charge in [0.15, 0.2) is 0 Å². The Kier molecular flexibility index (Phi) is 3.05. The van der Waals surface area contributed by atoms with Crippen molar-refractivity contribution in [3.63, 3.8) is 0 Å². The molecule has 3 aliphatic carbocycles. The monoisotopic (exact) mass is 325 g/mol. The molecule has 1 heterocycles. The number of fused-ring (bicyclic) bond motifs is 2. The Labute approximate surface area is 139 Å². The van der Waals surface area contributed by atoms with E-state index in [9.17, 15) is 14.0 Å². The molecule has 2 aromatic rings. The van der Waals surface area contributed by atoms with Crippen molar-refractivity contribution in [1.29, 1.82) is 5.26 Å². The zero-order valence-electron chi connectivity index (χ0n) is 13.6. The summed E-state index contributed by atoms with van der Waals surface area (Å²) in [7, 11) is 0. The lowest BCUT2D eigenvalue weighted by atomic mass is 9.51. The van der Waals surface area contributed by atoms with Crippen molar-refractivity contribution in [2.75, 3.05) is 0 Å². The SMILES string of the molecule is CC1(C)CC2(C#N)CC[C@H]1c1cc(-c3c(F)cccc3F)nnc12. The molecule has 1 unspecified atom stereocenters. The van der Waals surface area contributed by atoms with Gasteiger partial charge < -0.3 is 0 Å². The van der Waals surface area contributed by atoms with Crippen LogP contribution in [-0.2, 0) is 5.41 Å². The first-order valence-corrected chi connectivity index (χ1v) is 8.12. The molecule has 122 valence electrons. The predicted molar refractivity (Wildman–Crippen MR) is 85.0 cm³/mol. The van der Waals surface area contributed by atoms with E-state index < -0.39 is 17.0 Å². The Balaban J connectivity index is 1.94. The largest absolute Gasteiger partial charge is 0.206 e. The molecule has 0 N–H and O–H groups in total. The number of hydrogen-bond acceptors (Lipinski definition) is 3. The Bertz CT molecular complexity index is 864. The third-order valence-corrected chi connectivity index (χ3v) is 5.65. The van der Waals surface area contributed by atoms with Crippen LogP contribution >= 0.6 is 0 Å². The molecule has 3 aliphatic rings. The molecule has 0 aliphatic heterocycles. The van der Waals surface area contributed by atoms with Gasteiger partial charge in [0, 0.05) is 0 Å². The van der Waals surface area contributed by atoms with E-state index in [1.165, 1.54) is 18.2 Å². The van der Waals surface area contributed by atoms with E-state index >= 15 is 0 Å². The van der Waals surface area contributed by atoms with Crippen molar-refractivity contribution in [1.82, 2.24) is 10.2 Å². The van der Waals surface area contributed by atoms with Gasteiger partial charge in [-0.1, -0.05) is 19.9 Å². The summed E-state index contributed by atoms with van der Waals surface area (Å²) in [6, 6.07) is 7.94. The van der Waals surface area contributed by atoms with Gasteiger partial charge in [0.2, 0.25) is 0 Å². The van der Waals surface area contributed by atoms with Crippen molar-refractivity contribution in [2.45, 2.75) is 44.4 Å². The summed E-state index contributed by atoms with van der Waals surface area (Å²) >= 11 is 0. The van der Waals surface area contributed by atoms with Crippen LogP contribution in [0.15, 0.2) is 24.3 Å². The minimum Gasteiger partial charge on any atom is -0.206 e. The molecule has 3 nitrogen and oxygen atoms in total. The average molecular weight is 325 g/mol. The van der Waals surface area contributed by atoms with Crippen molar-refractivity contribution >= 4 is 0 Å². The molecular weight excluding hydrogens is 308 g/mol. The van der Waals surface area contributed by atoms with Crippen LogP contribution in [0.1, 0.15) is 50.3 Å². The van der Waals surface area contributed by atoms with E-state index in [-0.39, 0.29) is 22.6 Å². The quantitative estimate of drug-likeness (QED) is 0.776. The zero-order chi connectivity index (χ0) is 17.1. The summed E-state index contributed by atoms with van der Waals surface area (Å²) in [5.74, 6) is -1.08. The van der Waals surface area contributed by atoms with E-state index in [4.69, 9.17) is 0 Å². The second kappa shape index (κ2) is 4.83. The van der Waals surface area contributed by atoms with E-state index in [1.54, 1.807) is 6.07 Å². The molecule has 5 rings (SSSR count). The Morgan fingerprint density at radius 2 is 1.92 bits per heavy atom. The smallest absolute Gasteiger partial charge is 0.135 e. The van der Waals surface area contributed by atoms with Crippen LogP contribution in [0, 0.1) is 28.4 Å². The number of hydrogen-bond donors (Lipinski definition) is 0. The van der Waals surface area contributed by atoms with Gasteiger partial charge in [-0.25, -0.2) is 8.78 Å². The van der Waals surface area contributed by atoms with Gasteiger partial charge in [-0.3, -0.25) is 0 Å². The zero-order valence-corrected chi connectivity index (χ0v) is 13.6. The molecule has 1 fully saturated rings. The first-order valence-electron chi connectivity index (χ1n) is 8.12. The normalized spacial score (nSPS) is 26.7. The van der Waals surface area contributed by atoms with Crippen LogP contribution in [0.4, 0.5) is 8.78 Å². The second-order valence-electron chi connectivity index (χ2n) is 7.58. The highest BCUT2D eigenvalue weighted by Gasteiger charge is 2.54. The van der Waals surface area contributed by atoms with Crippen LogP contribution in [-0.4, -0.2) is 10.2 Å². The topological polar surface area (TPSA) is 49.6 Å². The standard InChI is InChI=1S/C19H17F2N3/c1-18(2)9-19(10-22)7-6-12(18)11-8-15(23-24-17(11)19)16-13(20)4-3-5-14(16)21/h3-5,8,12H,6-7,9H2,1-2H3/t12-,19?/m0/s1. The number of nitriles is 1. The van der Waals surface area contributed by atoms with Crippen LogP contribution in [0.25, 0.3) is 11.3 Å². The molecule has 0 amide bonds. The number of aromatic nitrogens is 2. The van der Waals surface area contributed by atoms with Crippen molar-refractivity contribution < 1.29 is 8.78 Å². The highest BCUT2D eigenvalue weighted by Crippen LogP contribution is 2.60. The molecule has 1 aromatic heterocycles.